The van der Waals surface area contributed by atoms with Crippen LogP contribution in [0, 0.1) is 0 Å². The van der Waals surface area contributed by atoms with Crippen molar-refractivity contribution in [1.29, 1.82) is 0 Å². The first-order valence-electron chi connectivity index (χ1n) is 8.02. The molecule has 1 aliphatic rings. The summed E-state index contributed by atoms with van der Waals surface area (Å²) < 4.78 is 4.15. The molecule has 0 saturated carbocycles. The number of pyridine rings is 1. The van der Waals surface area contributed by atoms with E-state index in [2.05, 4.69) is 39.1 Å². The molecule has 1 fully saturated rings. The van der Waals surface area contributed by atoms with Crippen molar-refractivity contribution in [1.82, 2.24) is 24.1 Å². The van der Waals surface area contributed by atoms with E-state index in [1.54, 1.807) is 0 Å². The van der Waals surface area contributed by atoms with Crippen LogP contribution >= 0.6 is 0 Å². The first-order valence-corrected chi connectivity index (χ1v) is 8.02. The highest BCUT2D eigenvalue weighted by Gasteiger charge is 2.23. The molecule has 0 amide bonds. The summed E-state index contributed by atoms with van der Waals surface area (Å²) in [5.74, 6) is 0. The molecule has 0 N–H and O–H groups in total. The summed E-state index contributed by atoms with van der Waals surface area (Å²) in [4.78, 5) is 7.30. The van der Waals surface area contributed by atoms with Crippen LogP contribution in [0.25, 0.3) is 5.65 Å². The molecule has 1 aliphatic heterocycles. The highest BCUT2D eigenvalue weighted by molar-refractivity contribution is 5.39. The molecule has 5 nitrogen and oxygen atoms in total. The number of fused-ring (bicyclic) bond motifs is 1. The minimum Gasteiger partial charge on any atom is -0.307 e. The summed E-state index contributed by atoms with van der Waals surface area (Å²) in [5, 5.41) is 4.36. The SMILES string of the molecule is c1ccn2cc(CN3CCCC[C@H]3Cn3cccn3)nc2c1. The Morgan fingerprint density at radius 2 is 2.14 bits per heavy atom. The van der Waals surface area contributed by atoms with E-state index in [4.69, 9.17) is 4.98 Å². The first kappa shape index (κ1) is 13.5. The number of aromatic nitrogens is 4. The first-order chi connectivity index (χ1) is 10.9. The van der Waals surface area contributed by atoms with Gasteiger partial charge in [-0.1, -0.05) is 12.5 Å². The van der Waals surface area contributed by atoms with Gasteiger partial charge in [-0.3, -0.25) is 9.58 Å². The van der Waals surface area contributed by atoms with Gasteiger partial charge in [0.05, 0.1) is 12.2 Å². The van der Waals surface area contributed by atoms with Crippen LogP contribution in [0.5, 0.6) is 0 Å². The topological polar surface area (TPSA) is 38.4 Å². The third-order valence-corrected chi connectivity index (χ3v) is 4.49. The molecule has 1 saturated heterocycles. The lowest BCUT2D eigenvalue weighted by molar-refractivity contribution is 0.120. The van der Waals surface area contributed by atoms with Gasteiger partial charge in [0.15, 0.2) is 0 Å². The Bertz CT molecular complexity index is 697. The molecule has 0 aliphatic carbocycles. The van der Waals surface area contributed by atoms with E-state index in [9.17, 15) is 0 Å². The van der Waals surface area contributed by atoms with Crippen LogP contribution in [0.4, 0.5) is 0 Å². The summed E-state index contributed by atoms with van der Waals surface area (Å²) in [5.41, 5.74) is 2.18. The lowest BCUT2D eigenvalue weighted by Crippen LogP contribution is -2.41. The van der Waals surface area contributed by atoms with Gasteiger partial charge < -0.3 is 4.40 Å². The maximum absolute atomic E-state index is 4.74. The molecule has 0 aromatic carbocycles. The summed E-state index contributed by atoms with van der Waals surface area (Å²) in [6.45, 7) is 3.05. The summed E-state index contributed by atoms with van der Waals surface area (Å²) in [7, 11) is 0. The number of imidazole rings is 1. The van der Waals surface area contributed by atoms with Gasteiger partial charge in [0, 0.05) is 37.4 Å². The molecule has 0 bridgehead atoms. The van der Waals surface area contributed by atoms with Gasteiger partial charge in [-0.25, -0.2) is 4.98 Å². The number of likely N-dealkylation sites (tertiary alicyclic amines) is 1. The van der Waals surface area contributed by atoms with E-state index in [0.717, 1.165) is 31.0 Å². The monoisotopic (exact) mass is 295 g/mol. The average Bonchev–Trinajstić information content (AvgIpc) is 3.18. The molecule has 114 valence electrons. The van der Waals surface area contributed by atoms with Crippen molar-refractivity contribution >= 4 is 5.65 Å². The highest BCUT2D eigenvalue weighted by Crippen LogP contribution is 2.21. The highest BCUT2D eigenvalue weighted by atomic mass is 15.3. The molecular weight excluding hydrogens is 274 g/mol. The van der Waals surface area contributed by atoms with Gasteiger partial charge in [0.1, 0.15) is 5.65 Å². The largest absolute Gasteiger partial charge is 0.307 e. The van der Waals surface area contributed by atoms with Crippen molar-refractivity contribution in [3.05, 3.63) is 54.7 Å². The molecule has 5 heteroatoms. The Morgan fingerprint density at radius 1 is 1.14 bits per heavy atom. The molecule has 0 unspecified atom stereocenters. The second-order valence-corrected chi connectivity index (χ2v) is 6.05. The maximum atomic E-state index is 4.74. The lowest BCUT2D eigenvalue weighted by atomic mass is 10.0. The Labute approximate surface area is 130 Å². The van der Waals surface area contributed by atoms with E-state index in [0.29, 0.717) is 6.04 Å². The fourth-order valence-electron chi connectivity index (χ4n) is 3.37. The Balaban J connectivity index is 1.51. The predicted molar refractivity (Wildman–Crippen MR) is 85.5 cm³/mol. The van der Waals surface area contributed by atoms with Gasteiger partial charge >= 0.3 is 0 Å². The maximum Gasteiger partial charge on any atom is 0.137 e. The van der Waals surface area contributed by atoms with Crippen LogP contribution in [-0.2, 0) is 13.1 Å². The minimum absolute atomic E-state index is 0.554. The molecule has 4 rings (SSSR count). The second kappa shape index (κ2) is 5.93. The summed E-state index contributed by atoms with van der Waals surface area (Å²) >= 11 is 0. The third kappa shape index (κ3) is 2.76. The van der Waals surface area contributed by atoms with Crippen LogP contribution < -0.4 is 0 Å². The van der Waals surface area contributed by atoms with Crippen LogP contribution in [0.1, 0.15) is 25.0 Å². The fourth-order valence-corrected chi connectivity index (χ4v) is 3.37. The number of rotatable bonds is 4. The van der Waals surface area contributed by atoms with E-state index in [1.807, 2.05) is 29.1 Å². The number of piperidine rings is 1. The van der Waals surface area contributed by atoms with E-state index in [-0.39, 0.29) is 0 Å². The molecule has 4 heterocycles. The van der Waals surface area contributed by atoms with Crippen molar-refractivity contribution in [2.45, 2.75) is 38.4 Å². The van der Waals surface area contributed by atoms with E-state index >= 15 is 0 Å². The molecule has 0 spiro atoms. The van der Waals surface area contributed by atoms with Crippen LogP contribution in [0.2, 0.25) is 0 Å². The van der Waals surface area contributed by atoms with Gasteiger partial charge in [0.25, 0.3) is 0 Å². The lowest BCUT2D eigenvalue weighted by Gasteiger charge is -2.35. The summed E-state index contributed by atoms with van der Waals surface area (Å²) in [6, 6.07) is 8.68. The smallest absolute Gasteiger partial charge is 0.137 e. The van der Waals surface area contributed by atoms with Crippen LogP contribution in [0.15, 0.2) is 49.1 Å². The Kier molecular flexibility index (Phi) is 3.64. The molecule has 1 atom stereocenters. The Morgan fingerprint density at radius 3 is 3.00 bits per heavy atom. The van der Waals surface area contributed by atoms with Gasteiger partial charge in [-0.15, -0.1) is 0 Å². The van der Waals surface area contributed by atoms with Gasteiger partial charge in [-0.05, 0) is 37.6 Å². The second-order valence-electron chi connectivity index (χ2n) is 6.05. The van der Waals surface area contributed by atoms with Crippen molar-refractivity contribution in [2.75, 3.05) is 6.54 Å². The third-order valence-electron chi connectivity index (χ3n) is 4.49. The number of nitrogens with zero attached hydrogens (tertiary/aromatic N) is 5. The standard InChI is InChI=1S/C17H21N5/c1-3-9-20(16(6-1)14-22-11-5-8-18-22)12-15-13-21-10-4-2-7-17(21)19-15/h2,4-5,7-8,10-11,13,16H,1,3,6,9,12,14H2/t16-/m0/s1. The molecule has 0 radical (unpaired) electrons. The molecule has 22 heavy (non-hydrogen) atoms. The van der Waals surface area contributed by atoms with Crippen molar-refractivity contribution < 1.29 is 0 Å². The normalized spacial score (nSPS) is 19.7. The van der Waals surface area contributed by atoms with Gasteiger partial charge in [0.2, 0.25) is 0 Å². The summed E-state index contributed by atoms with van der Waals surface area (Å²) in [6.07, 6.45) is 12.0. The number of hydrogen-bond acceptors (Lipinski definition) is 3. The predicted octanol–water partition coefficient (Wildman–Crippen LogP) is 2.59. The zero-order chi connectivity index (χ0) is 14.8. The molecule has 3 aromatic rings. The average molecular weight is 295 g/mol. The molecular formula is C17H21N5. The Hall–Kier alpha value is -2.14. The van der Waals surface area contributed by atoms with E-state index in [1.165, 1.54) is 19.3 Å². The minimum atomic E-state index is 0.554. The van der Waals surface area contributed by atoms with Crippen molar-refractivity contribution in [3.63, 3.8) is 0 Å². The van der Waals surface area contributed by atoms with E-state index < -0.39 is 0 Å². The zero-order valence-electron chi connectivity index (χ0n) is 12.7. The fraction of sp³-hybridized carbons (Fsp3) is 0.412. The van der Waals surface area contributed by atoms with Crippen molar-refractivity contribution in [2.24, 2.45) is 0 Å². The quantitative estimate of drug-likeness (QED) is 0.742. The zero-order valence-corrected chi connectivity index (χ0v) is 12.7. The number of hydrogen-bond donors (Lipinski definition) is 0. The van der Waals surface area contributed by atoms with Crippen molar-refractivity contribution in [3.8, 4) is 0 Å². The van der Waals surface area contributed by atoms with Crippen LogP contribution in [-0.4, -0.2) is 36.7 Å². The van der Waals surface area contributed by atoms with Gasteiger partial charge in [-0.2, -0.15) is 5.10 Å². The molecule has 3 aromatic heterocycles. The van der Waals surface area contributed by atoms with Crippen LogP contribution in [0.3, 0.4) is 0 Å².